The Hall–Kier alpha value is -1.91. The van der Waals surface area contributed by atoms with Crippen LogP contribution in [0.4, 0.5) is 16.2 Å². The summed E-state index contributed by atoms with van der Waals surface area (Å²) in [6.45, 7) is 2.10. The van der Waals surface area contributed by atoms with Crippen molar-refractivity contribution in [2.75, 3.05) is 23.7 Å². The fourth-order valence-electron chi connectivity index (χ4n) is 3.49. The second-order valence-electron chi connectivity index (χ2n) is 6.05. The summed E-state index contributed by atoms with van der Waals surface area (Å²) in [5.41, 5.74) is 13.2. The second-order valence-corrected chi connectivity index (χ2v) is 6.05. The molecule has 1 heterocycles. The molecule has 2 fully saturated rings. The number of rotatable bonds is 2. The molecule has 5 heteroatoms. The molecule has 3 rings (SSSR count). The highest BCUT2D eigenvalue weighted by molar-refractivity contribution is 5.65. The van der Waals surface area contributed by atoms with Gasteiger partial charge in [0.2, 0.25) is 0 Å². The van der Waals surface area contributed by atoms with E-state index in [2.05, 4.69) is 17.0 Å². The Balaban J connectivity index is 1.53. The molecule has 0 radical (unpaired) electrons. The molecule has 20 heavy (non-hydrogen) atoms. The Bertz CT molecular complexity index is 484. The summed E-state index contributed by atoms with van der Waals surface area (Å²) < 4.78 is 5.05. The van der Waals surface area contributed by atoms with Crippen molar-refractivity contribution < 1.29 is 9.53 Å². The first-order chi connectivity index (χ1) is 9.56. The van der Waals surface area contributed by atoms with Gasteiger partial charge < -0.3 is 21.1 Å². The lowest BCUT2D eigenvalue weighted by atomic mass is 9.61. The highest BCUT2D eigenvalue weighted by Gasteiger charge is 2.47. The van der Waals surface area contributed by atoms with Crippen molar-refractivity contribution in [1.82, 2.24) is 0 Å². The van der Waals surface area contributed by atoms with Crippen LogP contribution in [0, 0.1) is 5.41 Å². The number of anilines is 2. The van der Waals surface area contributed by atoms with Gasteiger partial charge in [0.25, 0.3) is 0 Å². The van der Waals surface area contributed by atoms with Gasteiger partial charge in [0.15, 0.2) is 0 Å². The minimum atomic E-state index is -0.649. The van der Waals surface area contributed by atoms with E-state index in [4.69, 9.17) is 16.2 Å². The highest BCUT2D eigenvalue weighted by atomic mass is 16.6. The molecular formula is C15H21N3O2. The van der Waals surface area contributed by atoms with E-state index in [1.54, 1.807) is 0 Å². The first-order valence-corrected chi connectivity index (χ1v) is 7.13. The summed E-state index contributed by atoms with van der Waals surface area (Å²) in [5, 5.41) is 0. The molecular weight excluding hydrogens is 254 g/mol. The fraction of sp³-hybridized carbons (Fsp3) is 0.533. The van der Waals surface area contributed by atoms with Crippen molar-refractivity contribution in [2.45, 2.75) is 31.8 Å². The van der Waals surface area contributed by atoms with Crippen LogP contribution in [0.15, 0.2) is 24.3 Å². The highest BCUT2D eigenvalue weighted by Crippen LogP contribution is 2.50. The summed E-state index contributed by atoms with van der Waals surface area (Å²) in [5.74, 6) is 0. The molecule has 1 aliphatic carbocycles. The Morgan fingerprint density at radius 1 is 1.20 bits per heavy atom. The van der Waals surface area contributed by atoms with Crippen LogP contribution in [0.2, 0.25) is 0 Å². The predicted molar refractivity (Wildman–Crippen MR) is 78.4 cm³/mol. The topological polar surface area (TPSA) is 81.6 Å². The number of nitrogen functional groups attached to an aromatic ring is 1. The van der Waals surface area contributed by atoms with E-state index in [0.29, 0.717) is 5.41 Å². The quantitative estimate of drug-likeness (QED) is 0.810. The molecule has 108 valence electrons. The predicted octanol–water partition coefficient (Wildman–Crippen LogP) is 2.11. The summed E-state index contributed by atoms with van der Waals surface area (Å²) >= 11 is 0. The Labute approximate surface area is 118 Å². The molecule has 1 aromatic rings. The number of hydrogen-bond acceptors (Lipinski definition) is 4. The molecule has 1 amide bonds. The maximum Gasteiger partial charge on any atom is 0.404 e. The molecule has 4 N–H and O–H groups in total. The van der Waals surface area contributed by atoms with Crippen molar-refractivity contribution >= 4 is 17.5 Å². The van der Waals surface area contributed by atoms with Gasteiger partial charge in [-0.25, -0.2) is 4.79 Å². The Morgan fingerprint density at radius 2 is 1.80 bits per heavy atom. The lowest BCUT2D eigenvalue weighted by Crippen LogP contribution is -2.50. The standard InChI is InChI=1S/C15H21N3O2/c16-11-1-3-12(4-2-11)18-7-5-15(6-8-18)9-13(10-15)20-14(17)19/h1-4,13H,5-10,16H2,(H2,17,19). The second kappa shape index (κ2) is 4.89. The number of primary amides is 1. The van der Waals surface area contributed by atoms with Crippen molar-refractivity contribution in [1.29, 1.82) is 0 Å². The molecule has 1 aliphatic heterocycles. The largest absolute Gasteiger partial charge is 0.446 e. The first kappa shape index (κ1) is 13.1. The number of carbonyl (C=O) groups excluding carboxylic acids is 1. The van der Waals surface area contributed by atoms with Crippen molar-refractivity contribution in [3.63, 3.8) is 0 Å². The van der Waals surface area contributed by atoms with E-state index in [1.165, 1.54) is 5.69 Å². The lowest BCUT2D eigenvalue weighted by molar-refractivity contribution is -0.0521. The molecule has 0 bridgehead atoms. The van der Waals surface area contributed by atoms with Gasteiger partial charge in [0, 0.05) is 24.5 Å². The van der Waals surface area contributed by atoms with Gasteiger partial charge in [0.1, 0.15) is 6.10 Å². The van der Waals surface area contributed by atoms with Crippen LogP contribution in [0.5, 0.6) is 0 Å². The van der Waals surface area contributed by atoms with Crippen LogP contribution in [0.25, 0.3) is 0 Å². The Morgan fingerprint density at radius 3 is 2.35 bits per heavy atom. The van der Waals surface area contributed by atoms with Gasteiger partial charge >= 0.3 is 6.09 Å². The molecule has 1 spiro atoms. The van der Waals surface area contributed by atoms with Gasteiger partial charge in [-0.2, -0.15) is 0 Å². The summed E-state index contributed by atoms with van der Waals surface area (Å²) in [4.78, 5) is 13.1. The molecule has 0 aromatic heterocycles. The number of hydrogen-bond donors (Lipinski definition) is 2. The van der Waals surface area contributed by atoms with Gasteiger partial charge in [-0.05, 0) is 55.4 Å². The van der Waals surface area contributed by atoms with E-state index >= 15 is 0 Å². The average Bonchev–Trinajstić information content (AvgIpc) is 2.38. The zero-order valence-corrected chi connectivity index (χ0v) is 11.5. The van der Waals surface area contributed by atoms with Crippen LogP contribution in [-0.2, 0) is 4.74 Å². The van der Waals surface area contributed by atoms with Crippen LogP contribution in [0.1, 0.15) is 25.7 Å². The number of amides is 1. The smallest absolute Gasteiger partial charge is 0.404 e. The van der Waals surface area contributed by atoms with Gasteiger partial charge in [-0.1, -0.05) is 0 Å². The lowest BCUT2D eigenvalue weighted by Gasteiger charge is -2.51. The normalized spacial score (nSPS) is 21.5. The number of nitrogens with two attached hydrogens (primary N) is 2. The third-order valence-electron chi connectivity index (χ3n) is 4.69. The molecule has 1 aromatic carbocycles. The van der Waals surface area contributed by atoms with E-state index in [1.807, 2.05) is 12.1 Å². The molecule has 5 nitrogen and oxygen atoms in total. The summed E-state index contributed by atoms with van der Waals surface area (Å²) in [6.07, 6.45) is 3.61. The van der Waals surface area contributed by atoms with Crippen LogP contribution >= 0.6 is 0 Å². The molecule has 1 saturated carbocycles. The van der Waals surface area contributed by atoms with Crippen molar-refractivity contribution in [3.8, 4) is 0 Å². The maximum atomic E-state index is 10.7. The third-order valence-corrected chi connectivity index (χ3v) is 4.69. The SMILES string of the molecule is NC(=O)OC1CC2(CCN(c3ccc(N)cc3)CC2)C1. The van der Waals surface area contributed by atoms with Crippen LogP contribution in [0.3, 0.4) is 0 Å². The minimum absolute atomic E-state index is 0.0376. The Kier molecular flexibility index (Phi) is 3.20. The molecule has 0 atom stereocenters. The molecule has 1 saturated heterocycles. The summed E-state index contributed by atoms with van der Waals surface area (Å²) in [7, 11) is 0. The van der Waals surface area contributed by atoms with E-state index < -0.39 is 6.09 Å². The molecule has 0 unspecified atom stereocenters. The van der Waals surface area contributed by atoms with Gasteiger partial charge in [-0.15, -0.1) is 0 Å². The first-order valence-electron chi connectivity index (χ1n) is 7.13. The maximum absolute atomic E-state index is 10.7. The molecule has 2 aliphatic rings. The van der Waals surface area contributed by atoms with Gasteiger partial charge in [0.05, 0.1) is 0 Å². The van der Waals surface area contributed by atoms with E-state index in [-0.39, 0.29) is 6.10 Å². The van der Waals surface area contributed by atoms with Gasteiger partial charge in [-0.3, -0.25) is 0 Å². The van der Waals surface area contributed by atoms with Crippen molar-refractivity contribution in [3.05, 3.63) is 24.3 Å². The number of benzene rings is 1. The number of piperidine rings is 1. The zero-order valence-electron chi connectivity index (χ0n) is 11.5. The average molecular weight is 275 g/mol. The van der Waals surface area contributed by atoms with E-state index in [0.717, 1.165) is 44.5 Å². The number of carbonyl (C=O) groups is 1. The number of nitrogens with zero attached hydrogens (tertiary/aromatic N) is 1. The number of ether oxygens (including phenoxy) is 1. The zero-order chi connectivity index (χ0) is 14.2. The van der Waals surface area contributed by atoms with Crippen molar-refractivity contribution in [2.24, 2.45) is 11.1 Å². The third kappa shape index (κ3) is 2.53. The summed E-state index contributed by atoms with van der Waals surface area (Å²) in [6, 6.07) is 8.04. The minimum Gasteiger partial charge on any atom is -0.446 e. The van der Waals surface area contributed by atoms with E-state index in [9.17, 15) is 4.79 Å². The van der Waals surface area contributed by atoms with Crippen LogP contribution < -0.4 is 16.4 Å². The fourth-order valence-corrected chi connectivity index (χ4v) is 3.49. The van der Waals surface area contributed by atoms with Crippen LogP contribution in [-0.4, -0.2) is 25.3 Å². The monoisotopic (exact) mass is 275 g/mol.